The number of ether oxygens (including phenoxy) is 1. The predicted molar refractivity (Wildman–Crippen MR) is 107 cm³/mol. The van der Waals surface area contributed by atoms with E-state index < -0.39 is 0 Å². The van der Waals surface area contributed by atoms with Crippen LogP contribution in [-0.2, 0) is 4.79 Å². The van der Waals surface area contributed by atoms with E-state index in [1.807, 2.05) is 42.2 Å². The molecule has 1 aromatic carbocycles. The molecular formula is C22H27N3O2. The normalized spacial score (nSPS) is 24.3. The van der Waals surface area contributed by atoms with Gasteiger partial charge in [-0.2, -0.15) is 0 Å². The summed E-state index contributed by atoms with van der Waals surface area (Å²) in [6.07, 6.45) is 2.38. The van der Waals surface area contributed by atoms with Crippen molar-refractivity contribution in [3.8, 4) is 5.75 Å². The lowest BCUT2D eigenvalue weighted by Crippen LogP contribution is -2.51. The lowest BCUT2D eigenvalue weighted by Gasteiger charge is -2.46. The number of rotatable bonds is 4. The Morgan fingerprint density at radius 1 is 1.26 bits per heavy atom. The van der Waals surface area contributed by atoms with Crippen molar-refractivity contribution in [2.45, 2.75) is 45.7 Å². The average molecular weight is 365 g/mol. The first kappa shape index (κ1) is 17.8. The van der Waals surface area contributed by atoms with E-state index >= 15 is 0 Å². The van der Waals surface area contributed by atoms with Crippen LogP contribution in [0.1, 0.15) is 44.0 Å². The first-order valence-corrected chi connectivity index (χ1v) is 9.67. The Hall–Kier alpha value is -2.56. The van der Waals surface area contributed by atoms with E-state index in [-0.39, 0.29) is 23.9 Å². The van der Waals surface area contributed by atoms with Gasteiger partial charge in [0.05, 0.1) is 18.8 Å². The first-order valence-electron chi connectivity index (χ1n) is 9.67. The molecule has 0 bridgehead atoms. The van der Waals surface area contributed by atoms with Crippen LogP contribution in [0.2, 0.25) is 0 Å². The number of carbonyl (C=O) groups is 1. The molecule has 1 N–H and O–H groups in total. The molecule has 2 aromatic rings. The molecule has 27 heavy (non-hydrogen) atoms. The minimum Gasteiger partial charge on any atom is -0.497 e. The fraction of sp³-hybridized carbons (Fsp3) is 0.455. The molecule has 3 atom stereocenters. The van der Waals surface area contributed by atoms with Crippen molar-refractivity contribution in [3.63, 3.8) is 0 Å². The number of aromatic nitrogens is 1. The van der Waals surface area contributed by atoms with Gasteiger partial charge in [-0.05, 0) is 49.4 Å². The summed E-state index contributed by atoms with van der Waals surface area (Å²) >= 11 is 0. The number of pyridine rings is 1. The Morgan fingerprint density at radius 2 is 2.04 bits per heavy atom. The third kappa shape index (κ3) is 3.27. The molecule has 1 saturated carbocycles. The maximum absolute atomic E-state index is 12.6. The van der Waals surface area contributed by atoms with Crippen LogP contribution in [0.3, 0.4) is 0 Å². The molecule has 1 aliphatic carbocycles. The molecule has 1 fully saturated rings. The zero-order valence-electron chi connectivity index (χ0n) is 16.4. The van der Waals surface area contributed by atoms with Gasteiger partial charge in [-0.3, -0.25) is 4.79 Å². The second-order valence-corrected chi connectivity index (χ2v) is 7.79. The Bertz CT molecular complexity index is 862. The second kappa shape index (κ2) is 6.87. The quantitative estimate of drug-likeness (QED) is 0.876. The van der Waals surface area contributed by atoms with E-state index in [2.05, 4.69) is 23.3 Å². The number of hydrogen-bond acceptors (Lipinski definition) is 4. The van der Waals surface area contributed by atoms with Gasteiger partial charge in [0.15, 0.2) is 0 Å². The number of benzene rings is 1. The Morgan fingerprint density at radius 3 is 2.67 bits per heavy atom. The number of aryl methyl sites for hydroxylation is 1. The van der Waals surface area contributed by atoms with E-state index in [1.54, 1.807) is 14.0 Å². The molecule has 1 aromatic heterocycles. The Kier molecular flexibility index (Phi) is 4.54. The standard InChI is InChI=1S/C22H27N3O2/c1-13-6-5-7-20(23-13)24-21-14(2)22(16-8-9-16)25(15(3)26)19-12-17(27-4)10-11-18(19)21/h5-7,10-12,14,16,21-22H,8-9H2,1-4H3,(H,23,24)/t14?,21?,22-/m1/s1. The van der Waals surface area contributed by atoms with Crippen LogP contribution in [-0.4, -0.2) is 24.0 Å². The lowest BCUT2D eigenvalue weighted by atomic mass is 9.80. The van der Waals surface area contributed by atoms with E-state index in [1.165, 1.54) is 12.8 Å². The number of anilines is 2. The molecule has 2 unspecified atom stereocenters. The smallest absolute Gasteiger partial charge is 0.224 e. The van der Waals surface area contributed by atoms with Crippen LogP contribution in [0, 0.1) is 18.8 Å². The van der Waals surface area contributed by atoms with Crippen LogP contribution < -0.4 is 15.0 Å². The van der Waals surface area contributed by atoms with Crippen LogP contribution in [0.25, 0.3) is 0 Å². The maximum atomic E-state index is 12.6. The number of hydrogen-bond donors (Lipinski definition) is 1. The van der Waals surface area contributed by atoms with E-state index in [9.17, 15) is 4.79 Å². The van der Waals surface area contributed by atoms with Gasteiger partial charge in [0, 0.05) is 30.6 Å². The fourth-order valence-corrected chi connectivity index (χ4v) is 4.45. The summed E-state index contributed by atoms with van der Waals surface area (Å²) in [5.74, 6) is 2.60. The molecule has 5 nitrogen and oxygen atoms in total. The number of nitrogens with one attached hydrogen (secondary N) is 1. The van der Waals surface area contributed by atoms with Crippen LogP contribution in [0.4, 0.5) is 11.5 Å². The number of amides is 1. The van der Waals surface area contributed by atoms with E-state index in [4.69, 9.17) is 4.74 Å². The number of fused-ring (bicyclic) bond motifs is 1. The molecule has 0 radical (unpaired) electrons. The highest BCUT2D eigenvalue weighted by molar-refractivity contribution is 5.94. The number of methoxy groups -OCH3 is 1. The summed E-state index contributed by atoms with van der Waals surface area (Å²) in [6.45, 7) is 5.92. The van der Waals surface area contributed by atoms with E-state index in [0.717, 1.165) is 28.5 Å². The molecule has 2 heterocycles. The summed E-state index contributed by atoms with van der Waals surface area (Å²) in [4.78, 5) is 19.2. The fourth-order valence-electron chi connectivity index (χ4n) is 4.45. The van der Waals surface area contributed by atoms with Gasteiger partial charge in [0.25, 0.3) is 0 Å². The summed E-state index contributed by atoms with van der Waals surface area (Å²) in [5, 5.41) is 3.65. The van der Waals surface area contributed by atoms with Gasteiger partial charge in [-0.25, -0.2) is 4.98 Å². The zero-order valence-corrected chi connectivity index (χ0v) is 16.4. The molecular weight excluding hydrogens is 338 g/mol. The third-order valence-electron chi connectivity index (χ3n) is 5.83. The first-order chi connectivity index (χ1) is 13.0. The number of carbonyl (C=O) groups excluding carboxylic acids is 1. The molecule has 142 valence electrons. The topological polar surface area (TPSA) is 54.5 Å². The monoisotopic (exact) mass is 365 g/mol. The highest BCUT2D eigenvalue weighted by Crippen LogP contribution is 2.50. The Labute approximate surface area is 160 Å². The molecule has 2 aliphatic rings. The SMILES string of the molecule is COc1ccc2c(c1)N(C(C)=O)[C@@H](C1CC1)C(C)C2Nc1cccc(C)n1. The second-order valence-electron chi connectivity index (χ2n) is 7.79. The van der Waals surface area contributed by atoms with Gasteiger partial charge < -0.3 is 15.0 Å². The molecule has 4 rings (SSSR count). The van der Waals surface area contributed by atoms with Crippen molar-refractivity contribution in [1.82, 2.24) is 4.98 Å². The highest BCUT2D eigenvalue weighted by Gasteiger charge is 2.47. The minimum absolute atomic E-state index is 0.0976. The van der Waals surface area contributed by atoms with Gasteiger partial charge in [0.1, 0.15) is 11.6 Å². The largest absolute Gasteiger partial charge is 0.497 e. The van der Waals surface area contributed by atoms with Gasteiger partial charge >= 0.3 is 0 Å². The van der Waals surface area contributed by atoms with Crippen LogP contribution in [0.5, 0.6) is 5.75 Å². The lowest BCUT2D eigenvalue weighted by molar-refractivity contribution is -0.117. The van der Waals surface area contributed by atoms with Gasteiger partial charge in [0.2, 0.25) is 5.91 Å². The molecule has 1 amide bonds. The molecule has 0 saturated heterocycles. The molecule has 5 heteroatoms. The van der Waals surface area contributed by atoms with Crippen molar-refractivity contribution >= 4 is 17.4 Å². The minimum atomic E-state index is 0.0976. The van der Waals surface area contributed by atoms with Crippen molar-refractivity contribution in [1.29, 1.82) is 0 Å². The van der Waals surface area contributed by atoms with Crippen molar-refractivity contribution in [2.75, 3.05) is 17.3 Å². The number of nitrogens with zero attached hydrogens (tertiary/aromatic N) is 2. The molecule has 0 spiro atoms. The Balaban J connectivity index is 1.80. The zero-order chi connectivity index (χ0) is 19.1. The van der Waals surface area contributed by atoms with Crippen molar-refractivity contribution in [2.24, 2.45) is 11.8 Å². The van der Waals surface area contributed by atoms with Crippen LogP contribution >= 0.6 is 0 Å². The van der Waals surface area contributed by atoms with Crippen molar-refractivity contribution < 1.29 is 9.53 Å². The summed E-state index contributed by atoms with van der Waals surface area (Å²) in [7, 11) is 1.66. The van der Waals surface area contributed by atoms with Gasteiger partial charge in [-0.1, -0.05) is 19.1 Å². The highest BCUT2D eigenvalue weighted by atomic mass is 16.5. The third-order valence-corrected chi connectivity index (χ3v) is 5.83. The molecule has 1 aliphatic heterocycles. The van der Waals surface area contributed by atoms with Gasteiger partial charge in [-0.15, -0.1) is 0 Å². The summed E-state index contributed by atoms with van der Waals surface area (Å²) in [6, 6.07) is 12.4. The van der Waals surface area contributed by atoms with Crippen molar-refractivity contribution in [3.05, 3.63) is 47.7 Å². The maximum Gasteiger partial charge on any atom is 0.224 e. The van der Waals surface area contributed by atoms with E-state index in [0.29, 0.717) is 5.92 Å². The average Bonchev–Trinajstić information content (AvgIpc) is 3.47. The van der Waals surface area contributed by atoms with Crippen LogP contribution in [0.15, 0.2) is 36.4 Å². The predicted octanol–water partition coefficient (Wildman–Crippen LogP) is 4.33. The summed E-state index contributed by atoms with van der Waals surface area (Å²) in [5.41, 5.74) is 3.07. The summed E-state index contributed by atoms with van der Waals surface area (Å²) < 4.78 is 5.45.